The Labute approximate surface area is 130 Å². The third-order valence-corrected chi connectivity index (χ3v) is 4.09. The van der Waals surface area contributed by atoms with Crippen LogP contribution < -0.4 is 5.32 Å². The van der Waals surface area contributed by atoms with E-state index >= 15 is 0 Å². The molecule has 0 spiro atoms. The van der Waals surface area contributed by atoms with Crippen LogP contribution in [0, 0.1) is 0 Å². The minimum absolute atomic E-state index is 0.0733. The van der Waals surface area contributed by atoms with Crippen molar-refractivity contribution >= 4 is 44.8 Å². The summed E-state index contributed by atoms with van der Waals surface area (Å²) in [4.78, 5) is 0. The van der Waals surface area contributed by atoms with Gasteiger partial charge in [-0.05, 0) is 35.9 Å². The van der Waals surface area contributed by atoms with Crippen molar-refractivity contribution in [2.75, 3.05) is 11.9 Å². The Bertz CT molecular complexity index is 560. The molecule has 1 atom stereocenters. The van der Waals surface area contributed by atoms with Crippen LogP contribution in [0.5, 0.6) is 0 Å². The van der Waals surface area contributed by atoms with Crippen LogP contribution in [0.3, 0.4) is 0 Å². The van der Waals surface area contributed by atoms with E-state index in [1.54, 1.807) is 6.07 Å². The summed E-state index contributed by atoms with van der Waals surface area (Å²) >= 11 is 15.5. The molecule has 0 aliphatic carbocycles. The van der Waals surface area contributed by atoms with Crippen LogP contribution in [0.4, 0.5) is 5.69 Å². The van der Waals surface area contributed by atoms with Crippen molar-refractivity contribution in [2.24, 2.45) is 0 Å². The molecule has 5 heteroatoms. The van der Waals surface area contributed by atoms with E-state index in [-0.39, 0.29) is 12.6 Å². The molecule has 2 rings (SSSR count). The van der Waals surface area contributed by atoms with Crippen LogP contribution in [0.15, 0.2) is 46.9 Å². The van der Waals surface area contributed by atoms with E-state index in [9.17, 15) is 5.11 Å². The summed E-state index contributed by atoms with van der Waals surface area (Å²) in [6, 6.07) is 12.8. The van der Waals surface area contributed by atoms with E-state index in [4.69, 9.17) is 23.2 Å². The van der Waals surface area contributed by atoms with Gasteiger partial charge in [0.25, 0.3) is 0 Å². The largest absolute Gasteiger partial charge is 0.394 e. The summed E-state index contributed by atoms with van der Waals surface area (Å²) in [6.07, 6.45) is 0. The lowest BCUT2D eigenvalue weighted by Gasteiger charge is -2.19. The molecule has 100 valence electrons. The van der Waals surface area contributed by atoms with Crippen molar-refractivity contribution in [3.8, 4) is 0 Å². The van der Waals surface area contributed by atoms with Crippen molar-refractivity contribution in [3.63, 3.8) is 0 Å². The van der Waals surface area contributed by atoms with Gasteiger partial charge in [-0.15, -0.1) is 0 Å². The van der Waals surface area contributed by atoms with Gasteiger partial charge in [-0.1, -0.05) is 51.3 Å². The zero-order valence-corrected chi connectivity index (χ0v) is 13.0. The number of aliphatic hydroxyl groups is 1. The Morgan fingerprint density at radius 2 is 1.79 bits per heavy atom. The summed E-state index contributed by atoms with van der Waals surface area (Å²) < 4.78 is 0.999. The molecule has 0 aromatic heterocycles. The maximum absolute atomic E-state index is 9.54. The maximum atomic E-state index is 9.54. The third-order valence-electron chi connectivity index (χ3n) is 2.72. The van der Waals surface area contributed by atoms with Gasteiger partial charge in [0, 0.05) is 10.2 Å². The maximum Gasteiger partial charge on any atom is 0.0759 e. The van der Waals surface area contributed by atoms with E-state index in [2.05, 4.69) is 21.2 Å². The first-order valence-corrected chi connectivity index (χ1v) is 7.23. The third kappa shape index (κ3) is 3.63. The normalized spacial score (nSPS) is 12.2. The Kier molecular flexibility index (Phi) is 5.11. The summed E-state index contributed by atoms with van der Waals surface area (Å²) in [5.41, 5.74) is 1.68. The second kappa shape index (κ2) is 6.62. The summed E-state index contributed by atoms with van der Waals surface area (Å²) in [5.74, 6) is 0. The summed E-state index contributed by atoms with van der Waals surface area (Å²) in [5, 5.41) is 13.7. The molecule has 2 aromatic rings. The zero-order valence-electron chi connectivity index (χ0n) is 9.91. The van der Waals surface area contributed by atoms with E-state index in [0.717, 1.165) is 15.7 Å². The monoisotopic (exact) mass is 359 g/mol. The smallest absolute Gasteiger partial charge is 0.0759 e. The number of rotatable bonds is 4. The average Bonchev–Trinajstić information content (AvgIpc) is 2.42. The van der Waals surface area contributed by atoms with E-state index in [1.807, 2.05) is 36.4 Å². The topological polar surface area (TPSA) is 32.3 Å². The highest BCUT2D eigenvalue weighted by Crippen LogP contribution is 2.31. The van der Waals surface area contributed by atoms with Crippen molar-refractivity contribution in [1.82, 2.24) is 0 Å². The van der Waals surface area contributed by atoms with Crippen LogP contribution in [0.25, 0.3) is 0 Å². The Balaban J connectivity index is 2.25. The highest BCUT2D eigenvalue weighted by molar-refractivity contribution is 9.10. The summed E-state index contributed by atoms with van der Waals surface area (Å²) in [6.45, 7) is -0.0733. The Morgan fingerprint density at radius 3 is 2.42 bits per heavy atom. The van der Waals surface area contributed by atoms with E-state index in [0.29, 0.717) is 10.0 Å². The fraction of sp³-hybridized carbons (Fsp3) is 0.143. The first-order valence-electron chi connectivity index (χ1n) is 5.68. The Hall–Kier alpha value is -0.740. The summed E-state index contributed by atoms with van der Waals surface area (Å²) in [7, 11) is 0. The van der Waals surface area contributed by atoms with Gasteiger partial charge in [-0.3, -0.25) is 0 Å². The Morgan fingerprint density at radius 1 is 1.11 bits per heavy atom. The highest BCUT2D eigenvalue weighted by atomic mass is 79.9. The second-order valence-corrected chi connectivity index (χ2v) is 5.73. The molecule has 0 saturated carbocycles. The van der Waals surface area contributed by atoms with E-state index in [1.165, 1.54) is 0 Å². The molecule has 2 nitrogen and oxygen atoms in total. The average molecular weight is 361 g/mol. The minimum Gasteiger partial charge on any atom is -0.394 e. The number of hydrogen-bond donors (Lipinski definition) is 2. The van der Waals surface area contributed by atoms with Crippen LogP contribution >= 0.6 is 39.1 Å². The predicted octanol–water partition coefficient (Wildman–Crippen LogP) is 4.90. The first-order chi connectivity index (χ1) is 9.11. The number of hydrogen-bond acceptors (Lipinski definition) is 2. The molecule has 0 amide bonds. The lowest BCUT2D eigenvalue weighted by atomic mass is 10.1. The van der Waals surface area contributed by atoms with Gasteiger partial charge in [0.1, 0.15) is 0 Å². The first kappa shape index (κ1) is 14.7. The number of benzene rings is 2. The van der Waals surface area contributed by atoms with Crippen molar-refractivity contribution < 1.29 is 5.11 Å². The van der Waals surface area contributed by atoms with Crippen LogP contribution in [0.2, 0.25) is 10.0 Å². The van der Waals surface area contributed by atoms with Crippen LogP contribution in [-0.2, 0) is 0 Å². The van der Waals surface area contributed by atoms with Crippen LogP contribution in [0.1, 0.15) is 11.6 Å². The molecule has 1 unspecified atom stereocenters. The predicted molar refractivity (Wildman–Crippen MR) is 84.1 cm³/mol. The standard InChI is InChI=1S/C14H12BrCl2NO/c15-9-4-6-10(7-5-9)18-13(8-19)11-2-1-3-12(16)14(11)17/h1-7,13,18-19H,8H2. The van der Waals surface area contributed by atoms with Gasteiger partial charge >= 0.3 is 0 Å². The number of anilines is 1. The quantitative estimate of drug-likeness (QED) is 0.812. The zero-order chi connectivity index (χ0) is 13.8. The lowest BCUT2D eigenvalue weighted by Crippen LogP contribution is -2.15. The van der Waals surface area contributed by atoms with E-state index < -0.39 is 0 Å². The molecule has 0 bridgehead atoms. The van der Waals surface area contributed by atoms with Crippen LogP contribution in [-0.4, -0.2) is 11.7 Å². The van der Waals surface area contributed by atoms with Crippen molar-refractivity contribution in [1.29, 1.82) is 0 Å². The number of nitrogens with one attached hydrogen (secondary N) is 1. The number of aliphatic hydroxyl groups excluding tert-OH is 1. The number of halogens is 3. The van der Waals surface area contributed by atoms with Gasteiger partial charge in [0.2, 0.25) is 0 Å². The molecule has 0 aliphatic rings. The van der Waals surface area contributed by atoms with Crippen molar-refractivity contribution in [3.05, 3.63) is 62.5 Å². The van der Waals surface area contributed by atoms with Crippen molar-refractivity contribution in [2.45, 2.75) is 6.04 Å². The molecule has 2 N–H and O–H groups in total. The fourth-order valence-corrected chi connectivity index (χ4v) is 2.46. The molecule has 0 radical (unpaired) electrons. The molecular weight excluding hydrogens is 349 g/mol. The molecule has 0 aliphatic heterocycles. The lowest BCUT2D eigenvalue weighted by molar-refractivity contribution is 0.276. The molecule has 2 aromatic carbocycles. The van der Waals surface area contributed by atoms with Gasteiger partial charge in [-0.2, -0.15) is 0 Å². The molecule has 0 heterocycles. The van der Waals surface area contributed by atoms with Gasteiger partial charge in [0.15, 0.2) is 0 Å². The molecule has 0 saturated heterocycles. The molecule has 0 fully saturated rings. The highest BCUT2D eigenvalue weighted by Gasteiger charge is 2.15. The van der Waals surface area contributed by atoms with Gasteiger partial charge in [-0.25, -0.2) is 0 Å². The van der Waals surface area contributed by atoms with Gasteiger partial charge in [0.05, 0.1) is 22.7 Å². The minimum atomic E-state index is -0.299. The molecule has 19 heavy (non-hydrogen) atoms. The second-order valence-electron chi connectivity index (χ2n) is 4.03. The fourth-order valence-electron chi connectivity index (χ4n) is 1.76. The van der Waals surface area contributed by atoms with Gasteiger partial charge < -0.3 is 10.4 Å². The molecular formula is C14H12BrCl2NO. The SMILES string of the molecule is OCC(Nc1ccc(Br)cc1)c1cccc(Cl)c1Cl.